The second-order valence-corrected chi connectivity index (χ2v) is 8.65. The molecular formula is C22H15BrCl2N2O. The molecule has 0 saturated heterocycles. The van der Waals surface area contributed by atoms with Gasteiger partial charge in [-0.2, -0.15) is 5.10 Å². The first-order valence-corrected chi connectivity index (χ1v) is 10.5. The number of nitrogens with zero attached hydrogens (tertiary/aromatic N) is 2. The van der Waals surface area contributed by atoms with Gasteiger partial charge in [0, 0.05) is 32.1 Å². The van der Waals surface area contributed by atoms with Gasteiger partial charge in [0.25, 0.3) is 0 Å². The van der Waals surface area contributed by atoms with Crippen molar-refractivity contribution in [3.8, 4) is 5.75 Å². The first-order chi connectivity index (χ1) is 13.6. The summed E-state index contributed by atoms with van der Waals surface area (Å²) in [4.78, 5) is 0. The van der Waals surface area contributed by atoms with Crippen LogP contribution in [0, 0.1) is 0 Å². The molecule has 0 fully saturated rings. The predicted octanol–water partition coefficient (Wildman–Crippen LogP) is 7.00. The van der Waals surface area contributed by atoms with Crippen molar-refractivity contribution in [2.45, 2.75) is 18.7 Å². The molecular weight excluding hydrogens is 459 g/mol. The molecule has 3 nitrogen and oxygen atoms in total. The summed E-state index contributed by atoms with van der Waals surface area (Å²) in [6, 6.07) is 21.8. The molecule has 140 valence electrons. The Hall–Kier alpha value is -2.01. The molecule has 0 spiro atoms. The third kappa shape index (κ3) is 3.20. The Balaban J connectivity index is 1.59. The minimum atomic E-state index is -0.316. The zero-order chi connectivity index (χ0) is 19.3. The fourth-order valence-corrected chi connectivity index (χ4v) is 4.29. The predicted molar refractivity (Wildman–Crippen MR) is 116 cm³/mol. The molecule has 3 aromatic rings. The summed E-state index contributed by atoms with van der Waals surface area (Å²) in [7, 11) is 0. The van der Waals surface area contributed by atoms with Crippen LogP contribution in [0.2, 0.25) is 10.0 Å². The van der Waals surface area contributed by atoms with E-state index in [9.17, 15) is 0 Å². The minimum absolute atomic E-state index is 0.0711. The standard InChI is InChI=1S/C22H15BrCl2N2O/c23-15-5-1-13(2-6-15)19-12-20-18-11-17(25)9-10-21(18)28-22(27(20)26-19)14-3-7-16(24)8-4-14/h1-11,20,22H,12H2/t20-,22+/m0/s1. The quantitative estimate of drug-likeness (QED) is 0.400. The molecule has 0 bridgehead atoms. The zero-order valence-electron chi connectivity index (χ0n) is 14.6. The highest BCUT2D eigenvalue weighted by Gasteiger charge is 2.41. The van der Waals surface area contributed by atoms with Gasteiger partial charge in [-0.05, 0) is 48.0 Å². The molecule has 0 aromatic heterocycles. The van der Waals surface area contributed by atoms with Crippen LogP contribution in [0.5, 0.6) is 5.75 Å². The van der Waals surface area contributed by atoms with Gasteiger partial charge in [0.15, 0.2) is 0 Å². The molecule has 0 amide bonds. The molecule has 2 aliphatic heterocycles. The van der Waals surface area contributed by atoms with Crippen LogP contribution >= 0.6 is 39.1 Å². The van der Waals surface area contributed by atoms with Crippen LogP contribution in [0.4, 0.5) is 0 Å². The van der Waals surface area contributed by atoms with E-state index in [1.807, 2.05) is 59.6 Å². The van der Waals surface area contributed by atoms with Gasteiger partial charge in [0.05, 0.1) is 11.8 Å². The summed E-state index contributed by atoms with van der Waals surface area (Å²) in [6.07, 6.45) is 0.478. The van der Waals surface area contributed by atoms with Crippen LogP contribution in [0.25, 0.3) is 0 Å². The Morgan fingerprint density at radius 3 is 2.39 bits per heavy atom. The molecule has 2 heterocycles. The number of hydrogen-bond acceptors (Lipinski definition) is 3. The Morgan fingerprint density at radius 1 is 0.929 bits per heavy atom. The number of hydrazone groups is 1. The Morgan fingerprint density at radius 2 is 1.64 bits per heavy atom. The second-order valence-electron chi connectivity index (χ2n) is 6.86. The smallest absolute Gasteiger partial charge is 0.213 e. The summed E-state index contributed by atoms with van der Waals surface area (Å²) >= 11 is 15.8. The van der Waals surface area contributed by atoms with E-state index in [1.165, 1.54) is 0 Å². The van der Waals surface area contributed by atoms with Gasteiger partial charge in [-0.3, -0.25) is 0 Å². The van der Waals surface area contributed by atoms with Crippen LogP contribution in [0.15, 0.2) is 76.3 Å². The van der Waals surface area contributed by atoms with E-state index in [4.69, 9.17) is 33.0 Å². The average Bonchev–Trinajstić information content (AvgIpc) is 3.14. The highest BCUT2D eigenvalue weighted by molar-refractivity contribution is 9.10. The lowest BCUT2D eigenvalue weighted by Crippen LogP contribution is -2.33. The SMILES string of the molecule is Clc1ccc([C@H]2Oc3ccc(Cl)cc3[C@@H]3CC(c4ccc(Br)cc4)=NN23)cc1. The van der Waals surface area contributed by atoms with Crippen LogP contribution < -0.4 is 4.74 Å². The first-order valence-electron chi connectivity index (χ1n) is 8.92. The van der Waals surface area contributed by atoms with E-state index < -0.39 is 0 Å². The molecule has 0 unspecified atom stereocenters. The third-order valence-electron chi connectivity index (χ3n) is 5.08. The van der Waals surface area contributed by atoms with Crippen molar-refractivity contribution >= 4 is 44.8 Å². The minimum Gasteiger partial charge on any atom is -0.464 e. The van der Waals surface area contributed by atoms with Gasteiger partial charge in [-0.25, -0.2) is 5.01 Å². The lowest BCUT2D eigenvalue weighted by atomic mass is 9.96. The average molecular weight is 474 g/mol. The lowest BCUT2D eigenvalue weighted by molar-refractivity contribution is -0.0190. The zero-order valence-corrected chi connectivity index (χ0v) is 17.7. The fourth-order valence-electron chi connectivity index (χ4n) is 3.72. The van der Waals surface area contributed by atoms with Gasteiger partial charge in [0.2, 0.25) is 6.23 Å². The maximum Gasteiger partial charge on any atom is 0.213 e. The number of rotatable bonds is 2. The van der Waals surface area contributed by atoms with E-state index in [0.717, 1.165) is 39.0 Å². The van der Waals surface area contributed by atoms with E-state index in [1.54, 1.807) is 0 Å². The van der Waals surface area contributed by atoms with Crippen LogP contribution in [0.1, 0.15) is 35.4 Å². The van der Waals surface area contributed by atoms with Crippen molar-refractivity contribution < 1.29 is 4.74 Å². The van der Waals surface area contributed by atoms with Crippen molar-refractivity contribution in [1.29, 1.82) is 0 Å². The fraction of sp³-hybridized carbons (Fsp3) is 0.136. The monoisotopic (exact) mass is 472 g/mol. The van der Waals surface area contributed by atoms with Gasteiger partial charge in [-0.15, -0.1) is 0 Å². The van der Waals surface area contributed by atoms with Crippen molar-refractivity contribution in [2.75, 3.05) is 0 Å². The summed E-state index contributed by atoms with van der Waals surface area (Å²) in [5.41, 5.74) is 4.22. The van der Waals surface area contributed by atoms with Crippen molar-refractivity contribution in [3.05, 3.63) is 97.9 Å². The molecule has 0 N–H and O–H groups in total. The van der Waals surface area contributed by atoms with Gasteiger partial charge in [0.1, 0.15) is 5.75 Å². The molecule has 0 saturated carbocycles. The van der Waals surface area contributed by atoms with Gasteiger partial charge < -0.3 is 4.74 Å². The first kappa shape index (κ1) is 18.0. The van der Waals surface area contributed by atoms with Crippen LogP contribution in [0.3, 0.4) is 0 Å². The van der Waals surface area contributed by atoms with Crippen molar-refractivity contribution in [2.24, 2.45) is 5.10 Å². The molecule has 5 rings (SSSR count). The maximum atomic E-state index is 6.34. The highest BCUT2D eigenvalue weighted by Crippen LogP contribution is 2.48. The highest BCUT2D eigenvalue weighted by atomic mass is 79.9. The summed E-state index contributed by atoms with van der Waals surface area (Å²) < 4.78 is 7.39. The Bertz CT molecular complexity index is 1070. The normalized spacial score (nSPS) is 20.2. The molecule has 6 heteroatoms. The number of hydrogen-bond donors (Lipinski definition) is 0. The molecule has 3 aromatic carbocycles. The van der Waals surface area contributed by atoms with E-state index in [-0.39, 0.29) is 12.3 Å². The number of fused-ring (bicyclic) bond motifs is 3. The second kappa shape index (κ2) is 7.11. The van der Waals surface area contributed by atoms with Gasteiger partial charge >= 0.3 is 0 Å². The van der Waals surface area contributed by atoms with Gasteiger partial charge in [-0.1, -0.05) is 63.4 Å². The molecule has 0 radical (unpaired) electrons. The largest absolute Gasteiger partial charge is 0.464 e. The number of halogens is 3. The lowest BCUT2D eigenvalue weighted by Gasteiger charge is -2.38. The van der Waals surface area contributed by atoms with Crippen molar-refractivity contribution in [3.63, 3.8) is 0 Å². The third-order valence-corrected chi connectivity index (χ3v) is 6.10. The molecule has 2 atom stereocenters. The molecule has 2 aliphatic rings. The van der Waals surface area contributed by atoms with E-state index in [2.05, 4.69) is 28.1 Å². The van der Waals surface area contributed by atoms with Crippen LogP contribution in [-0.4, -0.2) is 10.7 Å². The number of benzene rings is 3. The topological polar surface area (TPSA) is 24.8 Å². The summed E-state index contributed by atoms with van der Waals surface area (Å²) in [5.74, 6) is 0.845. The summed E-state index contributed by atoms with van der Waals surface area (Å²) in [5, 5.41) is 8.39. The van der Waals surface area contributed by atoms with Crippen molar-refractivity contribution in [1.82, 2.24) is 5.01 Å². The summed E-state index contributed by atoms with van der Waals surface area (Å²) in [6.45, 7) is 0. The maximum absolute atomic E-state index is 6.34. The van der Waals surface area contributed by atoms with E-state index >= 15 is 0 Å². The Labute approximate surface area is 181 Å². The Kier molecular flexibility index (Phi) is 4.58. The van der Waals surface area contributed by atoms with Crippen LogP contribution in [-0.2, 0) is 0 Å². The molecule has 0 aliphatic carbocycles. The number of ether oxygens (including phenoxy) is 1. The molecule has 28 heavy (non-hydrogen) atoms. The van der Waals surface area contributed by atoms with E-state index in [0.29, 0.717) is 10.0 Å².